The summed E-state index contributed by atoms with van der Waals surface area (Å²) < 4.78 is 0. The van der Waals surface area contributed by atoms with Crippen LogP contribution in [0.5, 0.6) is 0 Å². The Balaban J connectivity index is 1.55. The normalized spacial score (nSPS) is 13.7. The highest BCUT2D eigenvalue weighted by Crippen LogP contribution is 2.22. The third-order valence-corrected chi connectivity index (χ3v) is 5.69. The molecule has 3 N–H and O–H groups in total. The molecule has 2 aromatic rings. The van der Waals surface area contributed by atoms with E-state index < -0.39 is 0 Å². The zero-order valence-electron chi connectivity index (χ0n) is 16.4. The minimum absolute atomic E-state index is 0.125. The first-order valence-corrected chi connectivity index (χ1v) is 10.7. The summed E-state index contributed by atoms with van der Waals surface area (Å²) in [5.74, 6) is -0.227. The Bertz CT molecular complexity index is 877. The number of rotatable bonds is 7. The Labute approximate surface area is 174 Å². The second kappa shape index (κ2) is 10.1. The lowest BCUT2D eigenvalue weighted by Gasteiger charge is -2.15. The molecule has 0 aliphatic heterocycles. The Morgan fingerprint density at radius 3 is 2.34 bits per heavy atom. The van der Waals surface area contributed by atoms with Gasteiger partial charge in [0.25, 0.3) is 5.91 Å². The molecule has 0 bridgehead atoms. The number of carbonyl (C=O) groups is 3. The van der Waals surface area contributed by atoms with Gasteiger partial charge in [0.1, 0.15) is 0 Å². The molecule has 0 radical (unpaired) electrons. The molecule has 1 fully saturated rings. The van der Waals surface area contributed by atoms with Gasteiger partial charge in [0.15, 0.2) is 0 Å². The molecule has 0 saturated heterocycles. The summed E-state index contributed by atoms with van der Waals surface area (Å²) in [7, 11) is 0. The van der Waals surface area contributed by atoms with Crippen molar-refractivity contribution in [2.75, 3.05) is 16.4 Å². The van der Waals surface area contributed by atoms with Gasteiger partial charge < -0.3 is 16.0 Å². The zero-order valence-corrected chi connectivity index (χ0v) is 17.2. The topological polar surface area (TPSA) is 87.3 Å². The minimum atomic E-state index is -0.179. The zero-order chi connectivity index (χ0) is 20.6. The Hall–Kier alpha value is -2.80. The van der Waals surface area contributed by atoms with Crippen molar-refractivity contribution in [2.24, 2.45) is 0 Å². The van der Waals surface area contributed by atoms with E-state index in [0.29, 0.717) is 16.9 Å². The van der Waals surface area contributed by atoms with Crippen LogP contribution in [0.3, 0.4) is 0 Å². The van der Waals surface area contributed by atoms with Crippen molar-refractivity contribution in [1.29, 1.82) is 0 Å². The van der Waals surface area contributed by atoms with Gasteiger partial charge in [0, 0.05) is 23.5 Å². The van der Waals surface area contributed by atoms with Crippen molar-refractivity contribution < 1.29 is 14.4 Å². The monoisotopic (exact) mass is 411 g/mol. The SMILES string of the molecule is CC(=O)Nc1ccc(SCC(=O)Nc2ccccc2C(=O)NC2CCCC2)cc1. The lowest BCUT2D eigenvalue weighted by Crippen LogP contribution is -2.33. The number of para-hydroxylation sites is 1. The number of benzene rings is 2. The van der Waals surface area contributed by atoms with Crippen LogP contribution < -0.4 is 16.0 Å². The number of anilines is 2. The summed E-state index contributed by atoms with van der Waals surface area (Å²) in [5.41, 5.74) is 1.72. The molecule has 0 atom stereocenters. The molecule has 1 saturated carbocycles. The molecule has 0 aromatic heterocycles. The number of hydrogen-bond acceptors (Lipinski definition) is 4. The molecule has 2 aromatic carbocycles. The van der Waals surface area contributed by atoms with Crippen molar-refractivity contribution in [1.82, 2.24) is 5.32 Å². The molecular weight excluding hydrogens is 386 g/mol. The van der Waals surface area contributed by atoms with Gasteiger partial charge in [-0.05, 0) is 49.2 Å². The smallest absolute Gasteiger partial charge is 0.253 e. The van der Waals surface area contributed by atoms with Crippen molar-refractivity contribution in [3.63, 3.8) is 0 Å². The summed E-state index contributed by atoms with van der Waals surface area (Å²) in [6.07, 6.45) is 4.31. The van der Waals surface area contributed by atoms with Gasteiger partial charge >= 0.3 is 0 Å². The molecule has 3 rings (SSSR count). The van der Waals surface area contributed by atoms with Crippen LogP contribution in [0.2, 0.25) is 0 Å². The Morgan fingerprint density at radius 1 is 0.966 bits per heavy atom. The van der Waals surface area contributed by atoms with Crippen molar-refractivity contribution in [3.8, 4) is 0 Å². The third-order valence-electron chi connectivity index (χ3n) is 4.68. The summed E-state index contributed by atoms with van der Waals surface area (Å²) in [4.78, 5) is 37.0. The fourth-order valence-corrected chi connectivity index (χ4v) is 3.99. The van der Waals surface area contributed by atoms with Gasteiger partial charge in [-0.1, -0.05) is 25.0 Å². The highest BCUT2D eigenvalue weighted by Gasteiger charge is 2.20. The van der Waals surface area contributed by atoms with Gasteiger partial charge in [-0.3, -0.25) is 14.4 Å². The maximum atomic E-state index is 12.6. The predicted octanol–water partition coefficient (Wildman–Crippen LogP) is 4.05. The number of thioether (sulfide) groups is 1. The van der Waals surface area contributed by atoms with Crippen LogP contribution in [0.25, 0.3) is 0 Å². The quantitative estimate of drug-likeness (QED) is 0.600. The maximum absolute atomic E-state index is 12.6. The number of carbonyl (C=O) groups excluding carboxylic acids is 3. The van der Waals surface area contributed by atoms with E-state index >= 15 is 0 Å². The standard InChI is InChI=1S/C22H25N3O3S/c1-15(26)23-17-10-12-18(13-11-17)29-14-21(27)25-20-9-5-4-8-19(20)22(28)24-16-6-2-3-7-16/h4-5,8-13,16H,2-3,6-7,14H2,1H3,(H,23,26)(H,24,28)(H,25,27). The second-order valence-electron chi connectivity index (χ2n) is 7.04. The van der Waals surface area contributed by atoms with Crippen LogP contribution >= 0.6 is 11.8 Å². The molecule has 152 valence electrons. The highest BCUT2D eigenvalue weighted by molar-refractivity contribution is 8.00. The molecular formula is C22H25N3O3S. The Kier molecular flexibility index (Phi) is 7.30. The molecule has 7 heteroatoms. The van der Waals surface area contributed by atoms with Crippen molar-refractivity contribution >= 4 is 40.9 Å². The van der Waals surface area contributed by atoms with E-state index in [0.717, 1.165) is 30.6 Å². The van der Waals surface area contributed by atoms with Crippen LogP contribution in [0.1, 0.15) is 43.0 Å². The Morgan fingerprint density at radius 2 is 1.66 bits per heavy atom. The van der Waals surface area contributed by atoms with Crippen LogP contribution in [0.15, 0.2) is 53.4 Å². The third kappa shape index (κ3) is 6.35. The van der Waals surface area contributed by atoms with Crippen molar-refractivity contribution in [3.05, 3.63) is 54.1 Å². The summed E-state index contributed by atoms with van der Waals surface area (Å²) in [6.45, 7) is 1.46. The number of nitrogens with one attached hydrogen (secondary N) is 3. The fourth-order valence-electron chi connectivity index (χ4n) is 3.30. The summed E-state index contributed by atoms with van der Waals surface area (Å²) in [5, 5.41) is 8.61. The first-order valence-electron chi connectivity index (χ1n) is 9.71. The molecule has 0 spiro atoms. The average Bonchev–Trinajstić information content (AvgIpc) is 3.20. The predicted molar refractivity (Wildman–Crippen MR) is 116 cm³/mol. The molecule has 29 heavy (non-hydrogen) atoms. The number of hydrogen-bond donors (Lipinski definition) is 3. The van der Waals surface area contributed by atoms with Gasteiger partial charge in [0.05, 0.1) is 17.0 Å². The molecule has 6 nitrogen and oxygen atoms in total. The van der Waals surface area contributed by atoms with Gasteiger partial charge in [0.2, 0.25) is 11.8 Å². The number of amides is 3. The van der Waals surface area contributed by atoms with E-state index in [9.17, 15) is 14.4 Å². The van der Waals surface area contributed by atoms with Crippen LogP contribution in [-0.4, -0.2) is 29.5 Å². The average molecular weight is 412 g/mol. The first-order chi connectivity index (χ1) is 14.0. The van der Waals surface area contributed by atoms with E-state index in [-0.39, 0.29) is 29.5 Å². The maximum Gasteiger partial charge on any atom is 0.253 e. The summed E-state index contributed by atoms with van der Waals surface area (Å²) in [6, 6.07) is 14.6. The molecule has 0 unspecified atom stereocenters. The van der Waals surface area contributed by atoms with Crippen LogP contribution in [0.4, 0.5) is 11.4 Å². The van der Waals surface area contributed by atoms with E-state index in [4.69, 9.17) is 0 Å². The van der Waals surface area contributed by atoms with E-state index in [2.05, 4.69) is 16.0 Å². The molecule has 0 heterocycles. The first kappa shape index (κ1) is 20.9. The second-order valence-corrected chi connectivity index (χ2v) is 8.09. The lowest BCUT2D eigenvalue weighted by atomic mass is 10.1. The largest absolute Gasteiger partial charge is 0.349 e. The molecule has 1 aliphatic rings. The fraction of sp³-hybridized carbons (Fsp3) is 0.318. The summed E-state index contributed by atoms with van der Waals surface area (Å²) >= 11 is 1.39. The van der Waals surface area contributed by atoms with Gasteiger partial charge in [-0.2, -0.15) is 0 Å². The van der Waals surface area contributed by atoms with E-state index in [1.165, 1.54) is 18.7 Å². The molecule has 3 amide bonds. The van der Waals surface area contributed by atoms with Crippen molar-refractivity contribution in [2.45, 2.75) is 43.5 Å². The van der Waals surface area contributed by atoms with Crippen LogP contribution in [-0.2, 0) is 9.59 Å². The van der Waals surface area contributed by atoms with Gasteiger partial charge in [-0.25, -0.2) is 0 Å². The minimum Gasteiger partial charge on any atom is -0.349 e. The van der Waals surface area contributed by atoms with Crippen LogP contribution in [0, 0.1) is 0 Å². The van der Waals surface area contributed by atoms with E-state index in [1.807, 2.05) is 12.1 Å². The lowest BCUT2D eigenvalue weighted by molar-refractivity contribution is -0.114. The molecule has 1 aliphatic carbocycles. The van der Waals surface area contributed by atoms with Gasteiger partial charge in [-0.15, -0.1) is 11.8 Å². The highest BCUT2D eigenvalue weighted by atomic mass is 32.2. The van der Waals surface area contributed by atoms with E-state index in [1.54, 1.807) is 36.4 Å².